The summed E-state index contributed by atoms with van der Waals surface area (Å²) in [6, 6.07) is 8.25. The van der Waals surface area contributed by atoms with Crippen LogP contribution in [-0.4, -0.2) is 23.6 Å². The van der Waals surface area contributed by atoms with Gasteiger partial charge in [0.15, 0.2) is 5.13 Å². The van der Waals surface area contributed by atoms with Gasteiger partial charge in [0.05, 0.1) is 5.69 Å². The molecule has 1 saturated heterocycles. The molecule has 1 atom stereocenters. The van der Waals surface area contributed by atoms with Crippen molar-refractivity contribution in [2.75, 3.05) is 11.9 Å². The highest BCUT2D eigenvalue weighted by Crippen LogP contribution is 2.30. The lowest BCUT2D eigenvalue weighted by atomic mass is 10.1. The van der Waals surface area contributed by atoms with E-state index in [1.165, 1.54) is 16.9 Å². The first kappa shape index (κ1) is 14.2. The average molecular weight is 302 g/mol. The molecule has 1 aliphatic rings. The fraction of sp³-hybridized carbons (Fsp3) is 0.375. The van der Waals surface area contributed by atoms with Gasteiger partial charge in [0, 0.05) is 17.0 Å². The van der Waals surface area contributed by atoms with Crippen LogP contribution in [-0.2, 0) is 9.53 Å². The zero-order valence-corrected chi connectivity index (χ0v) is 13.0. The van der Waals surface area contributed by atoms with Gasteiger partial charge < -0.3 is 4.74 Å². The Morgan fingerprint density at radius 1 is 1.33 bits per heavy atom. The normalized spacial score (nSPS) is 17.9. The number of hydrogen-bond donors (Lipinski definition) is 1. The number of aryl methyl sites for hydroxylation is 2. The Bertz CT molecular complexity index is 643. The van der Waals surface area contributed by atoms with Crippen LogP contribution < -0.4 is 5.32 Å². The molecule has 5 heteroatoms. The van der Waals surface area contributed by atoms with E-state index in [-0.39, 0.29) is 12.0 Å². The highest BCUT2D eigenvalue weighted by molar-refractivity contribution is 7.16. The molecule has 1 amide bonds. The molecule has 0 bridgehead atoms. The molecule has 3 rings (SSSR count). The van der Waals surface area contributed by atoms with Crippen molar-refractivity contribution in [3.8, 4) is 11.3 Å². The molecule has 1 N–H and O–H groups in total. The Balaban J connectivity index is 1.77. The first-order valence-electron chi connectivity index (χ1n) is 7.10. The fourth-order valence-corrected chi connectivity index (χ4v) is 3.24. The molecule has 2 heterocycles. The van der Waals surface area contributed by atoms with Gasteiger partial charge in [0.2, 0.25) is 0 Å². The number of nitrogens with one attached hydrogen (secondary N) is 1. The smallest absolute Gasteiger partial charge is 0.255 e. The summed E-state index contributed by atoms with van der Waals surface area (Å²) in [6.45, 7) is 4.75. The molecule has 1 aliphatic heterocycles. The highest BCUT2D eigenvalue weighted by atomic mass is 32.1. The summed E-state index contributed by atoms with van der Waals surface area (Å²) in [5.74, 6) is -0.0864. The molecule has 21 heavy (non-hydrogen) atoms. The average Bonchev–Trinajstić information content (AvgIpc) is 3.10. The minimum Gasteiger partial charge on any atom is -0.368 e. The van der Waals surface area contributed by atoms with Crippen molar-refractivity contribution in [2.24, 2.45) is 0 Å². The van der Waals surface area contributed by atoms with Crippen molar-refractivity contribution in [3.05, 3.63) is 34.7 Å². The summed E-state index contributed by atoms with van der Waals surface area (Å²) < 4.78 is 5.39. The van der Waals surface area contributed by atoms with Gasteiger partial charge >= 0.3 is 0 Å². The predicted octanol–water partition coefficient (Wildman–Crippen LogP) is 3.54. The van der Waals surface area contributed by atoms with Gasteiger partial charge in [0.1, 0.15) is 6.10 Å². The molecule has 0 saturated carbocycles. The number of hydrogen-bond acceptors (Lipinski definition) is 4. The van der Waals surface area contributed by atoms with Crippen LogP contribution >= 0.6 is 11.3 Å². The number of anilines is 1. The first-order chi connectivity index (χ1) is 10.1. The summed E-state index contributed by atoms with van der Waals surface area (Å²) in [5, 5.41) is 3.51. The molecule has 0 spiro atoms. The highest BCUT2D eigenvalue weighted by Gasteiger charge is 2.24. The van der Waals surface area contributed by atoms with E-state index in [1.54, 1.807) is 0 Å². The summed E-state index contributed by atoms with van der Waals surface area (Å²) in [4.78, 5) is 17.7. The largest absolute Gasteiger partial charge is 0.368 e. The molecule has 0 aliphatic carbocycles. The third kappa shape index (κ3) is 3.14. The Morgan fingerprint density at radius 3 is 2.76 bits per heavy atom. The molecule has 0 unspecified atom stereocenters. The second-order valence-electron chi connectivity index (χ2n) is 5.28. The van der Waals surface area contributed by atoms with Crippen molar-refractivity contribution in [1.29, 1.82) is 0 Å². The molecule has 1 aromatic heterocycles. The molecular weight excluding hydrogens is 284 g/mol. The third-order valence-corrected chi connectivity index (χ3v) is 4.46. The molecule has 0 radical (unpaired) electrons. The Kier molecular flexibility index (Phi) is 4.03. The van der Waals surface area contributed by atoms with Gasteiger partial charge in [-0.15, -0.1) is 11.3 Å². The van der Waals surface area contributed by atoms with Crippen molar-refractivity contribution >= 4 is 22.4 Å². The minimum atomic E-state index is -0.322. The lowest BCUT2D eigenvalue weighted by Crippen LogP contribution is -2.26. The lowest BCUT2D eigenvalue weighted by Gasteiger charge is -2.07. The minimum absolute atomic E-state index is 0.0864. The summed E-state index contributed by atoms with van der Waals surface area (Å²) in [5.41, 5.74) is 3.23. The van der Waals surface area contributed by atoms with Gasteiger partial charge in [-0.3, -0.25) is 10.1 Å². The summed E-state index contributed by atoms with van der Waals surface area (Å²) >= 11 is 1.50. The number of carbonyl (C=O) groups excluding carboxylic acids is 1. The molecule has 4 nitrogen and oxygen atoms in total. The summed E-state index contributed by atoms with van der Waals surface area (Å²) in [6.07, 6.45) is 1.42. The maximum Gasteiger partial charge on any atom is 0.255 e. The SMILES string of the molecule is Cc1ccc(-c2nc(NC(=O)[C@H]3CCCO3)sc2C)cc1. The van der Waals surface area contributed by atoms with Gasteiger partial charge in [-0.05, 0) is 26.7 Å². The number of carbonyl (C=O) groups is 1. The zero-order valence-electron chi connectivity index (χ0n) is 12.2. The van der Waals surface area contributed by atoms with Crippen molar-refractivity contribution < 1.29 is 9.53 Å². The van der Waals surface area contributed by atoms with E-state index in [0.29, 0.717) is 11.7 Å². The fourth-order valence-electron chi connectivity index (χ4n) is 2.40. The number of aromatic nitrogens is 1. The van der Waals surface area contributed by atoms with Crippen LogP contribution in [0.1, 0.15) is 23.3 Å². The first-order valence-corrected chi connectivity index (χ1v) is 7.92. The van der Waals surface area contributed by atoms with Gasteiger partial charge in [-0.2, -0.15) is 0 Å². The monoisotopic (exact) mass is 302 g/mol. The van der Waals surface area contributed by atoms with E-state index < -0.39 is 0 Å². The topological polar surface area (TPSA) is 51.2 Å². The van der Waals surface area contributed by atoms with Crippen molar-refractivity contribution in [2.45, 2.75) is 32.8 Å². The molecule has 2 aromatic rings. The van der Waals surface area contributed by atoms with Gasteiger partial charge in [-0.1, -0.05) is 29.8 Å². The van der Waals surface area contributed by atoms with E-state index in [9.17, 15) is 4.79 Å². The summed E-state index contributed by atoms with van der Waals surface area (Å²) in [7, 11) is 0. The van der Waals surface area contributed by atoms with Crippen LogP contribution in [0.2, 0.25) is 0 Å². The van der Waals surface area contributed by atoms with E-state index in [0.717, 1.165) is 29.0 Å². The molecule has 1 fully saturated rings. The Hall–Kier alpha value is -1.72. The second-order valence-corrected chi connectivity index (χ2v) is 6.48. The van der Waals surface area contributed by atoms with Crippen molar-refractivity contribution in [1.82, 2.24) is 4.98 Å². The molecule has 1 aromatic carbocycles. The number of amides is 1. The lowest BCUT2D eigenvalue weighted by molar-refractivity contribution is -0.124. The number of thiazole rings is 1. The maximum atomic E-state index is 12.0. The van der Waals surface area contributed by atoms with Crippen LogP contribution in [0.5, 0.6) is 0 Å². The maximum absolute atomic E-state index is 12.0. The Morgan fingerprint density at radius 2 is 2.10 bits per heavy atom. The molecule has 110 valence electrons. The van der Waals surface area contributed by atoms with Gasteiger partial charge in [-0.25, -0.2) is 4.98 Å². The van der Waals surface area contributed by atoms with E-state index in [2.05, 4.69) is 41.5 Å². The number of rotatable bonds is 3. The van der Waals surface area contributed by atoms with Crippen molar-refractivity contribution in [3.63, 3.8) is 0 Å². The van der Waals surface area contributed by atoms with Gasteiger partial charge in [0.25, 0.3) is 5.91 Å². The third-order valence-electron chi connectivity index (χ3n) is 3.57. The predicted molar refractivity (Wildman–Crippen MR) is 84.6 cm³/mol. The standard InChI is InChI=1S/C16H18N2O2S/c1-10-5-7-12(8-6-10)14-11(2)21-16(17-14)18-15(19)13-4-3-9-20-13/h5-8,13H,3-4,9H2,1-2H3,(H,17,18,19)/t13-/m1/s1. The molecular formula is C16H18N2O2S. The second kappa shape index (κ2) is 5.95. The number of benzene rings is 1. The number of ether oxygens (including phenoxy) is 1. The van der Waals surface area contributed by atoms with Crippen LogP contribution in [0.15, 0.2) is 24.3 Å². The quantitative estimate of drug-likeness (QED) is 0.943. The number of nitrogens with zero attached hydrogens (tertiary/aromatic N) is 1. The van der Waals surface area contributed by atoms with Crippen LogP contribution in [0.3, 0.4) is 0 Å². The van der Waals surface area contributed by atoms with Crippen LogP contribution in [0, 0.1) is 13.8 Å². The van der Waals surface area contributed by atoms with E-state index in [1.807, 2.05) is 6.92 Å². The van der Waals surface area contributed by atoms with E-state index >= 15 is 0 Å². The van der Waals surface area contributed by atoms with Crippen LogP contribution in [0.25, 0.3) is 11.3 Å². The van der Waals surface area contributed by atoms with Crippen LogP contribution in [0.4, 0.5) is 5.13 Å². The zero-order chi connectivity index (χ0) is 14.8. The van der Waals surface area contributed by atoms with E-state index in [4.69, 9.17) is 4.74 Å². The Labute approximate surface area is 128 Å².